The molecule has 0 bridgehead atoms. The van der Waals surface area contributed by atoms with E-state index in [0.717, 1.165) is 18.5 Å². The van der Waals surface area contributed by atoms with Crippen molar-refractivity contribution in [1.29, 1.82) is 0 Å². The van der Waals surface area contributed by atoms with Gasteiger partial charge in [-0.15, -0.1) is 0 Å². The first-order valence-corrected chi connectivity index (χ1v) is 6.76. The quantitative estimate of drug-likeness (QED) is 0.901. The second-order valence-corrected chi connectivity index (χ2v) is 5.18. The first kappa shape index (κ1) is 13.5. The van der Waals surface area contributed by atoms with Crippen molar-refractivity contribution in [3.8, 4) is 0 Å². The van der Waals surface area contributed by atoms with Gasteiger partial charge in [0.25, 0.3) is 5.56 Å². The van der Waals surface area contributed by atoms with Crippen LogP contribution in [0.5, 0.6) is 0 Å². The number of aromatic nitrogens is 4. The molecule has 1 fully saturated rings. The maximum absolute atomic E-state index is 12.2. The van der Waals surface area contributed by atoms with Crippen molar-refractivity contribution in [2.75, 3.05) is 5.32 Å². The van der Waals surface area contributed by atoms with Crippen LogP contribution in [0.1, 0.15) is 43.1 Å². The minimum absolute atomic E-state index is 0.248. The van der Waals surface area contributed by atoms with Crippen LogP contribution in [-0.2, 0) is 4.79 Å². The van der Waals surface area contributed by atoms with Crippen LogP contribution in [0.4, 0.5) is 5.82 Å². The van der Waals surface area contributed by atoms with Crippen LogP contribution >= 0.6 is 0 Å². The SMILES string of the molecule is Cc1nonc1NC(=O)C(C)n1nc(C2CC2)ccc1=O. The fourth-order valence-electron chi connectivity index (χ4n) is 1.99. The van der Waals surface area contributed by atoms with Crippen molar-refractivity contribution in [2.45, 2.75) is 38.6 Å². The molecule has 2 heterocycles. The lowest BCUT2D eigenvalue weighted by molar-refractivity contribution is -0.119. The van der Waals surface area contributed by atoms with Crippen molar-refractivity contribution in [3.05, 3.63) is 33.9 Å². The van der Waals surface area contributed by atoms with Gasteiger partial charge in [0, 0.05) is 12.0 Å². The Kier molecular flexibility index (Phi) is 3.28. The number of carbonyl (C=O) groups excluding carboxylic acids is 1. The van der Waals surface area contributed by atoms with E-state index in [1.54, 1.807) is 19.9 Å². The normalized spacial score (nSPS) is 15.7. The molecule has 1 atom stereocenters. The van der Waals surface area contributed by atoms with E-state index >= 15 is 0 Å². The van der Waals surface area contributed by atoms with Crippen LogP contribution in [0.2, 0.25) is 0 Å². The summed E-state index contributed by atoms with van der Waals surface area (Å²) < 4.78 is 5.72. The van der Waals surface area contributed by atoms with E-state index in [-0.39, 0.29) is 11.4 Å². The lowest BCUT2D eigenvalue weighted by Crippen LogP contribution is -2.33. The first-order valence-electron chi connectivity index (χ1n) is 6.76. The topological polar surface area (TPSA) is 103 Å². The molecule has 1 N–H and O–H groups in total. The summed E-state index contributed by atoms with van der Waals surface area (Å²) in [4.78, 5) is 24.1. The monoisotopic (exact) mass is 289 g/mol. The van der Waals surface area contributed by atoms with E-state index in [9.17, 15) is 9.59 Å². The third kappa shape index (κ3) is 2.69. The van der Waals surface area contributed by atoms with Crippen molar-refractivity contribution in [2.24, 2.45) is 0 Å². The van der Waals surface area contributed by atoms with Gasteiger partial charge >= 0.3 is 0 Å². The molecule has 3 rings (SSSR count). The van der Waals surface area contributed by atoms with Crippen LogP contribution in [0.25, 0.3) is 0 Å². The number of amides is 1. The van der Waals surface area contributed by atoms with Gasteiger partial charge in [-0.05, 0) is 37.9 Å². The molecule has 0 saturated heterocycles. The molecule has 0 aliphatic heterocycles. The summed E-state index contributed by atoms with van der Waals surface area (Å²) >= 11 is 0. The Morgan fingerprint density at radius 2 is 2.19 bits per heavy atom. The van der Waals surface area contributed by atoms with Crippen LogP contribution < -0.4 is 10.9 Å². The third-order valence-corrected chi connectivity index (χ3v) is 3.48. The van der Waals surface area contributed by atoms with E-state index in [1.165, 1.54) is 10.7 Å². The Labute approximate surface area is 120 Å². The van der Waals surface area contributed by atoms with Gasteiger partial charge in [0.15, 0.2) is 5.82 Å². The average Bonchev–Trinajstić information content (AvgIpc) is 3.24. The summed E-state index contributed by atoms with van der Waals surface area (Å²) in [5.41, 5.74) is 1.02. The van der Waals surface area contributed by atoms with Crippen LogP contribution in [-0.4, -0.2) is 26.0 Å². The van der Waals surface area contributed by atoms with Crippen molar-refractivity contribution >= 4 is 11.7 Å². The Morgan fingerprint density at radius 1 is 1.43 bits per heavy atom. The van der Waals surface area contributed by atoms with E-state index in [0.29, 0.717) is 11.6 Å². The number of hydrogen-bond acceptors (Lipinski definition) is 6. The number of nitrogens with zero attached hydrogens (tertiary/aromatic N) is 4. The Bertz CT molecular complexity index is 731. The largest absolute Gasteiger partial charge is 0.304 e. The minimum Gasteiger partial charge on any atom is -0.304 e. The molecule has 21 heavy (non-hydrogen) atoms. The van der Waals surface area contributed by atoms with Crippen molar-refractivity contribution < 1.29 is 9.42 Å². The predicted molar refractivity (Wildman–Crippen MR) is 72.8 cm³/mol. The van der Waals surface area contributed by atoms with Gasteiger partial charge in [-0.3, -0.25) is 9.59 Å². The zero-order chi connectivity index (χ0) is 15.0. The standard InChI is InChI=1S/C13H15N5O3/c1-7-12(17-21-16-7)14-13(20)8(2)18-11(19)6-5-10(15-18)9-3-4-9/h5-6,8-9H,3-4H2,1-2H3,(H,14,17,20). The van der Waals surface area contributed by atoms with E-state index in [4.69, 9.17) is 0 Å². The Hall–Kier alpha value is -2.51. The van der Waals surface area contributed by atoms with Gasteiger partial charge in [0.2, 0.25) is 5.91 Å². The summed E-state index contributed by atoms with van der Waals surface area (Å²) in [6.45, 7) is 3.28. The van der Waals surface area contributed by atoms with Crippen molar-refractivity contribution in [3.63, 3.8) is 0 Å². The molecule has 1 amide bonds. The van der Waals surface area contributed by atoms with Crippen LogP contribution in [0, 0.1) is 6.92 Å². The van der Waals surface area contributed by atoms with E-state index in [2.05, 4.69) is 25.4 Å². The molecule has 2 aromatic rings. The van der Waals surface area contributed by atoms with E-state index < -0.39 is 11.9 Å². The Balaban J connectivity index is 1.82. The maximum atomic E-state index is 12.2. The molecule has 2 aromatic heterocycles. The smallest absolute Gasteiger partial charge is 0.267 e. The molecule has 1 aliphatic rings. The minimum atomic E-state index is -0.743. The second-order valence-electron chi connectivity index (χ2n) is 5.18. The fourth-order valence-corrected chi connectivity index (χ4v) is 1.99. The molecule has 1 unspecified atom stereocenters. The zero-order valence-electron chi connectivity index (χ0n) is 11.7. The van der Waals surface area contributed by atoms with Crippen LogP contribution in [0.15, 0.2) is 21.6 Å². The number of carbonyl (C=O) groups is 1. The van der Waals surface area contributed by atoms with Gasteiger partial charge in [0.05, 0.1) is 5.69 Å². The van der Waals surface area contributed by atoms with Gasteiger partial charge in [-0.2, -0.15) is 5.10 Å². The lowest BCUT2D eigenvalue weighted by atomic mass is 10.2. The molecule has 1 aliphatic carbocycles. The van der Waals surface area contributed by atoms with Gasteiger partial charge < -0.3 is 5.32 Å². The molecular formula is C13H15N5O3. The summed E-state index contributed by atoms with van der Waals surface area (Å²) in [5.74, 6) is 0.267. The highest BCUT2D eigenvalue weighted by molar-refractivity contribution is 5.92. The molecule has 8 nitrogen and oxygen atoms in total. The number of aryl methyl sites for hydroxylation is 1. The lowest BCUT2D eigenvalue weighted by Gasteiger charge is -2.13. The molecule has 0 radical (unpaired) electrons. The summed E-state index contributed by atoms with van der Waals surface area (Å²) in [6.07, 6.45) is 2.16. The van der Waals surface area contributed by atoms with Gasteiger partial charge in [-0.1, -0.05) is 5.16 Å². The summed E-state index contributed by atoms with van der Waals surface area (Å²) in [5, 5.41) is 14.0. The third-order valence-electron chi connectivity index (χ3n) is 3.48. The van der Waals surface area contributed by atoms with Gasteiger partial charge in [0.1, 0.15) is 11.7 Å². The molecule has 0 aromatic carbocycles. The molecular weight excluding hydrogens is 274 g/mol. The summed E-state index contributed by atoms with van der Waals surface area (Å²) in [6, 6.07) is 2.44. The highest BCUT2D eigenvalue weighted by Crippen LogP contribution is 2.38. The fraction of sp³-hybridized carbons (Fsp3) is 0.462. The molecule has 110 valence electrons. The highest BCUT2D eigenvalue weighted by Gasteiger charge is 2.27. The predicted octanol–water partition coefficient (Wildman–Crippen LogP) is 1.01. The number of anilines is 1. The molecule has 8 heteroatoms. The summed E-state index contributed by atoms with van der Waals surface area (Å²) in [7, 11) is 0. The molecule has 0 spiro atoms. The van der Waals surface area contributed by atoms with E-state index in [1.807, 2.05) is 0 Å². The number of rotatable bonds is 4. The number of nitrogens with one attached hydrogen (secondary N) is 1. The Morgan fingerprint density at radius 3 is 2.81 bits per heavy atom. The second kappa shape index (κ2) is 5.12. The maximum Gasteiger partial charge on any atom is 0.267 e. The van der Waals surface area contributed by atoms with Crippen molar-refractivity contribution in [1.82, 2.24) is 20.1 Å². The van der Waals surface area contributed by atoms with Gasteiger partial charge in [-0.25, -0.2) is 9.31 Å². The number of hydrogen-bond donors (Lipinski definition) is 1. The first-order chi connectivity index (χ1) is 10.1. The van der Waals surface area contributed by atoms with Crippen LogP contribution in [0.3, 0.4) is 0 Å². The average molecular weight is 289 g/mol. The molecule has 1 saturated carbocycles. The highest BCUT2D eigenvalue weighted by atomic mass is 16.6. The zero-order valence-corrected chi connectivity index (χ0v) is 11.7.